The summed E-state index contributed by atoms with van der Waals surface area (Å²) in [6.45, 7) is 2.25. The second kappa shape index (κ2) is 5.26. The van der Waals surface area contributed by atoms with Crippen molar-refractivity contribution < 1.29 is 14.3 Å². The maximum atomic E-state index is 11.9. The molecule has 0 aromatic carbocycles. The number of hydrogen-bond donors (Lipinski definition) is 1. The predicted molar refractivity (Wildman–Crippen MR) is 74.5 cm³/mol. The van der Waals surface area contributed by atoms with E-state index >= 15 is 0 Å². The van der Waals surface area contributed by atoms with Gasteiger partial charge in [0.15, 0.2) is 5.78 Å². The van der Waals surface area contributed by atoms with E-state index in [-0.39, 0.29) is 30.6 Å². The lowest BCUT2D eigenvalue weighted by Crippen LogP contribution is -2.68. The first-order valence-corrected chi connectivity index (χ1v) is 7.22. The Balaban J connectivity index is 0.00000133. The molecule has 3 aliphatic heterocycles. The van der Waals surface area contributed by atoms with Gasteiger partial charge in [-0.15, -0.1) is 11.8 Å². The maximum absolute atomic E-state index is 11.9. The van der Waals surface area contributed by atoms with E-state index in [0.29, 0.717) is 5.70 Å². The molecule has 0 unspecified atom stereocenters. The van der Waals surface area contributed by atoms with Gasteiger partial charge in [-0.2, -0.15) is 0 Å². The van der Waals surface area contributed by atoms with Gasteiger partial charge in [-0.3, -0.25) is 14.5 Å². The Kier molecular flexibility index (Phi) is 4.03. The fourth-order valence-electron chi connectivity index (χ4n) is 2.79. The van der Waals surface area contributed by atoms with Crippen LogP contribution in [0.1, 0.15) is 27.2 Å². The molecule has 3 rings (SSSR count). The van der Waals surface area contributed by atoms with Gasteiger partial charge in [0.1, 0.15) is 11.4 Å². The van der Waals surface area contributed by atoms with Crippen LogP contribution in [0, 0.1) is 0 Å². The monoisotopic (exact) mass is 284 g/mol. The predicted octanol–water partition coefficient (Wildman–Crippen LogP) is 0.887. The number of thioether (sulfide) groups is 1. The molecule has 3 atom stereocenters. The summed E-state index contributed by atoms with van der Waals surface area (Å²) >= 11 is 1.63. The van der Waals surface area contributed by atoms with E-state index in [1.54, 1.807) is 16.7 Å². The Hall–Kier alpha value is -0.850. The summed E-state index contributed by atoms with van der Waals surface area (Å²) in [4.78, 5) is 25.2. The van der Waals surface area contributed by atoms with Gasteiger partial charge >= 0.3 is 0 Å². The summed E-state index contributed by atoms with van der Waals surface area (Å²) in [5.41, 5.74) is 7.27. The molecular weight excluding hydrogens is 264 g/mol. The van der Waals surface area contributed by atoms with Crippen molar-refractivity contribution in [3.05, 3.63) is 11.3 Å². The van der Waals surface area contributed by atoms with Crippen LogP contribution >= 0.6 is 11.8 Å². The van der Waals surface area contributed by atoms with Crippen molar-refractivity contribution in [2.45, 2.75) is 44.7 Å². The zero-order valence-corrected chi connectivity index (χ0v) is 11.0. The first-order chi connectivity index (χ1) is 8.61. The number of carbonyl (C=O) groups excluding carboxylic acids is 2. The summed E-state index contributed by atoms with van der Waals surface area (Å²) in [6.07, 6.45) is 1.95. The summed E-state index contributed by atoms with van der Waals surface area (Å²) in [7, 11) is 0. The number of hydrogen-bond acceptors (Lipinski definition) is 5. The molecule has 6 heteroatoms. The smallest absolute Gasteiger partial charge is 0.248 e. The highest BCUT2D eigenvalue weighted by molar-refractivity contribution is 8.00. The molecule has 0 aromatic heterocycles. The Bertz CT molecular complexity index is 443. The van der Waals surface area contributed by atoms with Crippen molar-refractivity contribution in [2.24, 2.45) is 5.73 Å². The highest BCUT2D eigenvalue weighted by atomic mass is 32.2. The van der Waals surface area contributed by atoms with Crippen molar-refractivity contribution in [1.29, 1.82) is 0 Å². The van der Waals surface area contributed by atoms with E-state index in [0.717, 1.165) is 30.8 Å². The first kappa shape index (κ1) is 14.6. The van der Waals surface area contributed by atoms with Gasteiger partial charge < -0.3 is 10.5 Å². The van der Waals surface area contributed by atoms with Crippen LogP contribution in [-0.2, 0) is 14.3 Å². The van der Waals surface area contributed by atoms with Crippen molar-refractivity contribution in [3.63, 3.8) is 0 Å². The fourth-order valence-corrected chi connectivity index (χ4v) is 4.15. The molecule has 0 bridgehead atoms. The van der Waals surface area contributed by atoms with Crippen LogP contribution < -0.4 is 5.73 Å². The zero-order valence-electron chi connectivity index (χ0n) is 10.2. The molecule has 0 aliphatic carbocycles. The molecule has 3 heterocycles. The van der Waals surface area contributed by atoms with Crippen molar-refractivity contribution in [1.82, 2.24) is 4.90 Å². The number of amides is 1. The third-order valence-electron chi connectivity index (χ3n) is 3.69. The fraction of sp³-hybridized carbons (Fsp3) is 0.692. The molecule has 0 radical (unpaired) electrons. The van der Waals surface area contributed by atoms with Crippen LogP contribution in [0.2, 0.25) is 0 Å². The standard InChI is InChI=1S/C12H16N2O3S.CH4/c1-6(15)10-7(8-3-2-4-17-8)5-18-12-9(13)11(16)14(10)12;/h8-9,12H,2-5,13H2,1H3;1H4/t8-,9+,12+;/m0./s1. The van der Waals surface area contributed by atoms with Gasteiger partial charge in [0.25, 0.3) is 0 Å². The summed E-state index contributed by atoms with van der Waals surface area (Å²) in [5, 5.41) is -0.0680. The number of ether oxygens (including phenoxy) is 1. The van der Waals surface area contributed by atoms with Crippen molar-refractivity contribution >= 4 is 23.5 Å². The van der Waals surface area contributed by atoms with Gasteiger partial charge in [0.2, 0.25) is 5.91 Å². The topological polar surface area (TPSA) is 72.6 Å². The Labute approximate surface area is 117 Å². The Morgan fingerprint density at radius 3 is 2.84 bits per heavy atom. The summed E-state index contributed by atoms with van der Waals surface area (Å²) in [6, 6.07) is -0.463. The van der Waals surface area contributed by atoms with E-state index in [1.807, 2.05) is 0 Å². The minimum absolute atomic E-state index is 0. The average molecular weight is 284 g/mol. The molecule has 19 heavy (non-hydrogen) atoms. The van der Waals surface area contributed by atoms with Crippen LogP contribution in [0.4, 0.5) is 0 Å². The number of allylic oxidation sites excluding steroid dienone is 1. The quantitative estimate of drug-likeness (QED) is 0.762. The highest BCUT2D eigenvalue weighted by Gasteiger charge is 2.51. The highest BCUT2D eigenvalue weighted by Crippen LogP contribution is 2.42. The summed E-state index contributed by atoms with van der Waals surface area (Å²) < 4.78 is 5.65. The molecule has 5 nitrogen and oxygen atoms in total. The SMILES string of the molecule is C.CC(=O)C1=C([C@@H]2CCCO2)CS[C@@H]2[C@H](N)C(=O)N12. The van der Waals surface area contributed by atoms with E-state index < -0.39 is 6.04 Å². The number of nitrogens with zero attached hydrogens (tertiary/aromatic N) is 1. The van der Waals surface area contributed by atoms with Crippen LogP contribution in [0.3, 0.4) is 0 Å². The van der Waals surface area contributed by atoms with Crippen LogP contribution in [0.5, 0.6) is 0 Å². The van der Waals surface area contributed by atoms with E-state index in [9.17, 15) is 9.59 Å². The van der Waals surface area contributed by atoms with Gasteiger partial charge in [0.05, 0.1) is 11.8 Å². The third kappa shape index (κ3) is 2.11. The molecule has 0 spiro atoms. The molecule has 2 saturated heterocycles. The van der Waals surface area contributed by atoms with E-state index in [1.165, 1.54) is 6.92 Å². The third-order valence-corrected chi connectivity index (χ3v) is 5.01. The van der Waals surface area contributed by atoms with Gasteiger partial charge in [-0.05, 0) is 18.4 Å². The Morgan fingerprint density at radius 1 is 1.53 bits per heavy atom. The van der Waals surface area contributed by atoms with Crippen molar-refractivity contribution in [3.8, 4) is 0 Å². The van der Waals surface area contributed by atoms with E-state index in [4.69, 9.17) is 10.5 Å². The zero-order chi connectivity index (χ0) is 12.9. The lowest BCUT2D eigenvalue weighted by Gasteiger charge is -2.49. The number of Topliss-reactive ketones (excluding diaryl/α,β-unsaturated/α-hetero) is 1. The number of ketones is 1. The Morgan fingerprint density at radius 2 is 2.26 bits per heavy atom. The number of fused-ring (bicyclic) bond motifs is 1. The molecule has 0 saturated carbocycles. The van der Waals surface area contributed by atoms with Gasteiger partial charge in [-0.1, -0.05) is 7.43 Å². The number of rotatable bonds is 2. The average Bonchev–Trinajstić information content (AvgIpc) is 2.89. The molecule has 3 aliphatic rings. The number of β-lactam (4-membered cyclic amide) rings is 1. The van der Waals surface area contributed by atoms with Crippen molar-refractivity contribution in [2.75, 3.05) is 12.4 Å². The largest absolute Gasteiger partial charge is 0.374 e. The van der Waals surface area contributed by atoms with Gasteiger partial charge in [0, 0.05) is 19.3 Å². The minimum Gasteiger partial charge on any atom is -0.374 e. The molecular formula is C13H20N2O3S. The molecule has 1 amide bonds. The first-order valence-electron chi connectivity index (χ1n) is 6.17. The summed E-state index contributed by atoms with van der Waals surface area (Å²) in [5.74, 6) is 0.529. The second-order valence-corrected chi connectivity index (χ2v) is 5.97. The number of nitrogens with two attached hydrogens (primary N) is 1. The molecule has 0 aromatic rings. The van der Waals surface area contributed by atoms with Crippen LogP contribution in [0.25, 0.3) is 0 Å². The van der Waals surface area contributed by atoms with Crippen LogP contribution in [-0.4, -0.2) is 46.5 Å². The maximum Gasteiger partial charge on any atom is 0.248 e. The molecule has 106 valence electrons. The lowest BCUT2D eigenvalue weighted by molar-refractivity contribution is -0.143. The molecule has 2 N–H and O–H groups in total. The normalized spacial score (nSPS) is 33.7. The number of carbonyl (C=O) groups is 2. The lowest BCUT2D eigenvalue weighted by atomic mass is 9.98. The van der Waals surface area contributed by atoms with E-state index in [2.05, 4.69) is 0 Å². The van der Waals surface area contributed by atoms with Crippen LogP contribution in [0.15, 0.2) is 11.3 Å². The van der Waals surface area contributed by atoms with Gasteiger partial charge in [-0.25, -0.2) is 0 Å². The minimum atomic E-state index is -0.463. The second-order valence-electron chi connectivity index (χ2n) is 4.87. The molecule has 2 fully saturated rings.